The van der Waals surface area contributed by atoms with Gasteiger partial charge in [0.15, 0.2) is 17.2 Å². The molecule has 1 aliphatic heterocycles. The molecule has 3 rings (SSSR count). The summed E-state index contributed by atoms with van der Waals surface area (Å²) in [6, 6.07) is 9.07. The summed E-state index contributed by atoms with van der Waals surface area (Å²) < 4.78 is 10.6. The molecule has 0 aliphatic carbocycles. The summed E-state index contributed by atoms with van der Waals surface area (Å²) in [5.74, 6) is 1.80. The molecule has 2 aromatic rings. The molecule has 118 valence electrons. The smallest absolute Gasteiger partial charge is 0.272 e. The molecule has 2 N–H and O–H groups in total. The summed E-state index contributed by atoms with van der Waals surface area (Å²) in [5, 5.41) is 13.7. The monoisotopic (exact) mass is 312 g/mol. The number of ether oxygens (including phenoxy) is 2. The summed E-state index contributed by atoms with van der Waals surface area (Å²) in [5.41, 5.74) is 1.30. The summed E-state index contributed by atoms with van der Waals surface area (Å²) in [7, 11) is 0. The number of aromatic nitrogens is 2. The Bertz CT molecular complexity index is 716. The zero-order chi connectivity index (χ0) is 16.1. The standard InChI is InChI=1S/C16H16N4O3/c1-2-7-17-16(21)12-4-6-15(20-19-12)18-9-11-3-5-13-14(8-11)23-10-22-13/h2-6,8H,1,7,9-10H2,(H,17,21)(H,18,20). The Labute approximate surface area is 133 Å². The molecule has 7 heteroatoms. The molecule has 1 aromatic carbocycles. The Hall–Kier alpha value is -3.09. The molecule has 0 fully saturated rings. The van der Waals surface area contributed by atoms with Crippen molar-refractivity contribution in [2.24, 2.45) is 0 Å². The molecule has 0 spiro atoms. The Balaban J connectivity index is 1.58. The van der Waals surface area contributed by atoms with Crippen LogP contribution >= 0.6 is 0 Å². The van der Waals surface area contributed by atoms with Crippen molar-refractivity contribution in [3.05, 3.63) is 54.2 Å². The van der Waals surface area contributed by atoms with E-state index >= 15 is 0 Å². The van der Waals surface area contributed by atoms with Gasteiger partial charge in [-0.1, -0.05) is 12.1 Å². The molecule has 7 nitrogen and oxygen atoms in total. The molecule has 1 aliphatic rings. The average molecular weight is 312 g/mol. The third-order valence-corrected chi connectivity index (χ3v) is 3.21. The number of anilines is 1. The Morgan fingerprint density at radius 1 is 1.22 bits per heavy atom. The van der Waals surface area contributed by atoms with Gasteiger partial charge in [0, 0.05) is 13.1 Å². The Morgan fingerprint density at radius 3 is 2.87 bits per heavy atom. The fourth-order valence-corrected chi connectivity index (χ4v) is 2.05. The maximum absolute atomic E-state index is 11.7. The highest BCUT2D eigenvalue weighted by atomic mass is 16.7. The van der Waals surface area contributed by atoms with Gasteiger partial charge in [-0.05, 0) is 29.8 Å². The van der Waals surface area contributed by atoms with Gasteiger partial charge in [0.05, 0.1) is 0 Å². The van der Waals surface area contributed by atoms with E-state index in [1.807, 2.05) is 18.2 Å². The van der Waals surface area contributed by atoms with Crippen molar-refractivity contribution >= 4 is 11.7 Å². The highest BCUT2D eigenvalue weighted by Gasteiger charge is 2.13. The van der Waals surface area contributed by atoms with Crippen LogP contribution in [0.4, 0.5) is 5.82 Å². The van der Waals surface area contributed by atoms with Crippen molar-refractivity contribution in [1.29, 1.82) is 0 Å². The number of amides is 1. The van der Waals surface area contributed by atoms with Gasteiger partial charge in [-0.2, -0.15) is 0 Å². The summed E-state index contributed by atoms with van der Waals surface area (Å²) in [6.45, 7) is 4.75. The molecule has 0 unspecified atom stereocenters. The number of nitrogens with one attached hydrogen (secondary N) is 2. The van der Waals surface area contributed by atoms with E-state index < -0.39 is 0 Å². The lowest BCUT2D eigenvalue weighted by Crippen LogP contribution is -2.24. The molecule has 1 aromatic heterocycles. The van der Waals surface area contributed by atoms with E-state index in [0.717, 1.165) is 17.1 Å². The van der Waals surface area contributed by atoms with Crippen LogP contribution in [-0.4, -0.2) is 29.4 Å². The maximum Gasteiger partial charge on any atom is 0.272 e. The van der Waals surface area contributed by atoms with E-state index in [0.29, 0.717) is 18.9 Å². The summed E-state index contributed by atoms with van der Waals surface area (Å²) in [6.07, 6.45) is 1.60. The van der Waals surface area contributed by atoms with Crippen molar-refractivity contribution < 1.29 is 14.3 Å². The second kappa shape index (κ2) is 6.78. The van der Waals surface area contributed by atoms with Crippen LogP contribution in [0.2, 0.25) is 0 Å². The molecule has 2 heterocycles. The van der Waals surface area contributed by atoms with E-state index in [2.05, 4.69) is 27.4 Å². The molecule has 0 atom stereocenters. The second-order valence-electron chi connectivity index (χ2n) is 4.84. The lowest BCUT2D eigenvalue weighted by Gasteiger charge is -2.07. The Kier molecular flexibility index (Phi) is 4.37. The largest absolute Gasteiger partial charge is 0.454 e. The van der Waals surface area contributed by atoms with Crippen LogP contribution in [0, 0.1) is 0 Å². The van der Waals surface area contributed by atoms with Crippen LogP contribution in [0.3, 0.4) is 0 Å². The van der Waals surface area contributed by atoms with Gasteiger partial charge < -0.3 is 20.1 Å². The number of nitrogens with zero attached hydrogens (tertiary/aromatic N) is 2. The molecule has 0 bridgehead atoms. The lowest BCUT2D eigenvalue weighted by molar-refractivity contribution is 0.0952. The van der Waals surface area contributed by atoms with Crippen LogP contribution < -0.4 is 20.1 Å². The van der Waals surface area contributed by atoms with Crippen molar-refractivity contribution in [2.75, 3.05) is 18.7 Å². The topological polar surface area (TPSA) is 85.4 Å². The van der Waals surface area contributed by atoms with Crippen LogP contribution in [0.15, 0.2) is 43.0 Å². The summed E-state index contributed by atoms with van der Waals surface area (Å²) >= 11 is 0. The molecule has 0 saturated heterocycles. The van der Waals surface area contributed by atoms with E-state index in [9.17, 15) is 4.79 Å². The second-order valence-corrected chi connectivity index (χ2v) is 4.84. The maximum atomic E-state index is 11.7. The molecular weight excluding hydrogens is 296 g/mol. The number of carbonyl (C=O) groups is 1. The fourth-order valence-electron chi connectivity index (χ4n) is 2.05. The van der Waals surface area contributed by atoms with Crippen LogP contribution in [0.1, 0.15) is 16.1 Å². The highest BCUT2D eigenvalue weighted by molar-refractivity contribution is 5.92. The third-order valence-electron chi connectivity index (χ3n) is 3.21. The first-order valence-electron chi connectivity index (χ1n) is 7.11. The molecule has 0 saturated carbocycles. The molecule has 1 amide bonds. The lowest BCUT2D eigenvalue weighted by atomic mass is 10.2. The van der Waals surface area contributed by atoms with Crippen molar-refractivity contribution in [1.82, 2.24) is 15.5 Å². The van der Waals surface area contributed by atoms with Crippen molar-refractivity contribution in [2.45, 2.75) is 6.54 Å². The van der Waals surface area contributed by atoms with Gasteiger partial charge in [-0.15, -0.1) is 16.8 Å². The number of fused-ring (bicyclic) bond motifs is 1. The molecular formula is C16H16N4O3. The van der Waals surface area contributed by atoms with Gasteiger partial charge in [-0.25, -0.2) is 0 Å². The van der Waals surface area contributed by atoms with E-state index in [-0.39, 0.29) is 18.4 Å². The normalized spacial score (nSPS) is 11.8. The van der Waals surface area contributed by atoms with Gasteiger partial charge in [0.1, 0.15) is 5.82 Å². The van der Waals surface area contributed by atoms with Gasteiger partial charge in [0.2, 0.25) is 6.79 Å². The minimum absolute atomic E-state index is 0.257. The SMILES string of the molecule is C=CCNC(=O)c1ccc(NCc2ccc3c(c2)OCO3)nn1. The first-order valence-corrected chi connectivity index (χ1v) is 7.11. The first kappa shape index (κ1) is 14.8. The van der Waals surface area contributed by atoms with Gasteiger partial charge in [-0.3, -0.25) is 4.79 Å². The van der Waals surface area contributed by atoms with E-state index in [1.54, 1.807) is 18.2 Å². The quantitative estimate of drug-likeness (QED) is 0.790. The van der Waals surface area contributed by atoms with Crippen LogP contribution in [0.5, 0.6) is 11.5 Å². The van der Waals surface area contributed by atoms with Crippen molar-refractivity contribution in [3.63, 3.8) is 0 Å². The minimum atomic E-state index is -0.278. The number of hydrogen-bond acceptors (Lipinski definition) is 6. The highest BCUT2D eigenvalue weighted by Crippen LogP contribution is 2.32. The Morgan fingerprint density at radius 2 is 2.09 bits per heavy atom. The third kappa shape index (κ3) is 3.57. The number of hydrogen-bond donors (Lipinski definition) is 2. The van der Waals surface area contributed by atoms with E-state index in [1.165, 1.54) is 0 Å². The molecule has 0 radical (unpaired) electrons. The first-order chi connectivity index (χ1) is 11.3. The number of rotatable bonds is 6. The zero-order valence-corrected chi connectivity index (χ0v) is 12.4. The zero-order valence-electron chi connectivity index (χ0n) is 12.4. The van der Waals surface area contributed by atoms with Crippen molar-refractivity contribution in [3.8, 4) is 11.5 Å². The number of carbonyl (C=O) groups excluding carboxylic acids is 1. The fraction of sp³-hybridized carbons (Fsp3) is 0.188. The predicted molar refractivity (Wildman–Crippen MR) is 84.5 cm³/mol. The van der Waals surface area contributed by atoms with Gasteiger partial charge >= 0.3 is 0 Å². The van der Waals surface area contributed by atoms with Crippen LogP contribution in [-0.2, 0) is 6.54 Å². The molecule has 23 heavy (non-hydrogen) atoms. The van der Waals surface area contributed by atoms with E-state index in [4.69, 9.17) is 9.47 Å². The minimum Gasteiger partial charge on any atom is -0.454 e. The van der Waals surface area contributed by atoms with Gasteiger partial charge in [0.25, 0.3) is 5.91 Å². The predicted octanol–water partition coefficient (Wildman–Crippen LogP) is 1.73. The van der Waals surface area contributed by atoms with Crippen LogP contribution in [0.25, 0.3) is 0 Å². The summed E-state index contributed by atoms with van der Waals surface area (Å²) in [4.78, 5) is 11.7. The average Bonchev–Trinajstić information content (AvgIpc) is 3.06. The number of benzene rings is 1.